The van der Waals surface area contributed by atoms with Gasteiger partial charge in [0.25, 0.3) is 0 Å². The number of fused-ring (bicyclic) bond motifs is 5. The van der Waals surface area contributed by atoms with Crippen LogP contribution in [-0.4, -0.2) is 19.9 Å². The second kappa shape index (κ2) is 6.00. The lowest BCUT2D eigenvalue weighted by molar-refractivity contribution is -0.0137. The summed E-state index contributed by atoms with van der Waals surface area (Å²) in [4.78, 5) is -0.528. The third-order valence-electron chi connectivity index (χ3n) is 4.50. The first-order valence-corrected chi connectivity index (χ1v) is 8.86. The van der Waals surface area contributed by atoms with Gasteiger partial charge in [0.05, 0.1) is 11.8 Å². The molecular weight excluding hydrogens is 330 g/mol. The molecule has 4 rings (SSSR count). The number of nitrogens with zero attached hydrogens (tertiary/aromatic N) is 3. The van der Waals surface area contributed by atoms with Gasteiger partial charge in [-0.15, -0.1) is 17.7 Å². The van der Waals surface area contributed by atoms with Gasteiger partial charge >= 0.3 is 0 Å². The fourth-order valence-corrected chi connectivity index (χ4v) is 3.65. The van der Waals surface area contributed by atoms with E-state index in [-0.39, 0.29) is 6.10 Å². The molecule has 0 saturated carbocycles. The van der Waals surface area contributed by atoms with E-state index in [2.05, 4.69) is 59.3 Å². The summed E-state index contributed by atoms with van der Waals surface area (Å²) in [5.74, 6) is 0. The van der Waals surface area contributed by atoms with Crippen molar-refractivity contribution in [2.45, 2.75) is 31.3 Å². The Balaban J connectivity index is 2.01. The quantitative estimate of drug-likeness (QED) is 0.548. The van der Waals surface area contributed by atoms with Gasteiger partial charge in [-0.05, 0) is 25.0 Å². The molecule has 0 radical (unpaired) electrons. The third-order valence-corrected chi connectivity index (χ3v) is 4.60. The van der Waals surface area contributed by atoms with Crippen LogP contribution in [0.2, 0.25) is 0 Å². The molecular formula is C20H21N3OS. The zero-order valence-corrected chi connectivity index (χ0v) is 15.5. The summed E-state index contributed by atoms with van der Waals surface area (Å²) in [7, 11) is 1.94. The topological polar surface area (TPSA) is 39.9 Å². The molecule has 1 aliphatic rings. The van der Waals surface area contributed by atoms with E-state index in [9.17, 15) is 0 Å². The van der Waals surface area contributed by atoms with E-state index in [1.54, 1.807) is 0 Å². The van der Waals surface area contributed by atoms with Crippen LogP contribution in [0.4, 0.5) is 0 Å². The largest absolute Gasteiger partial charge is 0.357 e. The van der Waals surface area contributed by atoms with Crippen LogP contribution in [0.5, 0.6) is 0 Å². The van der Waals surface area contributed by atoms with Crippen LogP contribution in [0.3, 0.4) is 0 Å². The van der Waals surface area contributed by atoms with Crippen molar-refractivity contribution in [2.24, 2.45) is 7.05 Å². The predicted octanol–water partition coefficient (Wildman–Crippen LogP) is 4.43. The Morgan fingerprint density at radius 1 is 1.08 bits per heavy atom. The maximum Gasteiger partial charge on any atom is 0.121 e. The van der Waals surface area contributed by atoms with Gasteiger partial charge in [0.1, 0.15) is 10.6 Å². The maximum atomic E-state index is 6.34. The summed E-state index contributed by atoms with van der Waals surface area (Å²) in [6.45, 7) is 3.95. The van der Waals surface area contributed by atoms with Gasteiger partial charge < -0.3 is 4.74 Å². The highest BCUT2D eigenvalue weighted by atomic mass is 32.1. The molecule has 1 aromatic heterocycles. The van der Waals surface area contributed by atoms with E-state index in [0.717, 1.165) is 34.5 Å². The molecule has 1 aliphatic carbocycles. The first-order chi connectivity index (χ1) is 11.9. The number of ether oxygens (including phenoxy) is 1. The van der Waals surface area contributed by atoms with Crippen molar-refractivity contribution in [1.29, 1.82) is 0 Å². The number of rotatable bonds is 2. The molecule has 1 atom stereocenters. The number of thiol groups is 1. The van der Waals surface area contributed by atoms with E-state index < -0.39 is 4.93 Å². The van der Waals surface area contributed by atoms with Gasteiger partial charge in [-0.25, -0.2) is 4.68 Å². The van der Waals surface area contributed by atoms with Crippen molar-refractivity contribution in [2.75, 3.05) is 0 Å². The lowest BCUT2D eigenvalue weighted by Crippen LogP contribution is -2.23. The molecule has 3 aromatic rings. The molecule has 0 bridgehead atoms. The highest BCUT2D eigenvalue weighted by Gasteiger charge is 2.30. The second-order valence-electron chi connectivity index (χ2n) is 6.91. The van der Waals surface area contributed by atoms with Gasteiger partial charge in [-0.1, -0.05) is 53.7 Å². The number of aryl methyl sites for hydroxylation is 1. The SMILES string of the molecule is Cn1nnc2c1-c1ccccc1C(OC(C)(C)S)Cc1ccccc1-2. The zero-order chi connectivity index (χ0) is 17.6. The number of hydrogen-bond donors (Lipinski definition) is 1. The molecule has 25 heavy (non-hydrogen) atoms. The molecule has 2 aromatic carbocycles. The molecule has 128 valence electrons. The van der Waals surface area contributed by atoms with Crippen LogP contribution in [-0.2, 0) is 18.2 Å². The van der Waals surface area contributed by atoms with Crippen LogP contribution in [0, 0.1) is 0 Å². The van der Waals surface area contributed by atoms with Crippen LogP contribution < -0.4 is 0 Å². The standard InChI is InChI=1S/C20H21N3OS/c1-20(2,25)24-17-12-13-8-4-5-9-14(13)18-19(23(3)22-21-18)16-11-7-6-10-15(16)17/h4-11,17,25H,12H2,1-3H3. The first kappa shape index (κ1) is 16.4. The van der Waals surface area contributed by atoms with Gasteiger partial charge in [-0.3, -0.25) is 0 Å². The van der Waals surface area contributed by atoms with E-state index in [0.29, 0.717) is 0 Å². The molecule has 1 heterocycles. The van der Waals surface area contributed by atoms with Gasteiger partial charge in [-0.2, -0.15) is 0 Å². The first-order valence-electron chi connectivity index (χ1n) is 8.41. The number of aromatic nitrogens is 3. The average molecular weight is 351 g/mol. The van der Waals surface area contributed by atoms with E-state index in [1.165, 1.54) is 5.56 Å². The van der Waals surface area contributed by atoms with Gasteiger partial charge in [0, 0.05) is 24.6 Å². The fourth-order valence-electron chi connectivity index (χ4n) is 3.53. The van der Waals surface area contributed by atoms with Crippen molar-refractivity contribution in [3.05, 3.63) is 59.7 Å². The monoisotopic (exact) mass is 351 g/mol. The summed E-state index contributed by atoms with van der Waals surface area (Å²) in [6, 6.07) is 16.7. The Morgan fingerprint density at radius 3 is 2.52 bits per heavy atom. The molecule has 0 aliphatic heterocycles. The second-order valence-corrected chi connectivity index (χ2v) is 7.99. The summed E-state index contributed by atoms with van der Waals surface area (Å²) in [5, 5.41) is 8.74. The smallest absolute Gasteiger partial charge is 0.121 e. The highest BCUT2D eigenvalue weighted by molar-refractivity contribution is 7.81. The van der Waals surface area contributed by atoms with Crippen LogP contribution >= 0.6 is 12.6 Å². The van der Waals surface area contributed by atoms with Crippen LogP contribution in [0.15, 0.2) is 48.5 Å². The highest BCUT2D eigenvalue weighted by Crippen LogP contribution is 2.42. The molecule has 5 heteroatoms. The lowest BCUT2D eigenvalue weighted by atomic mass is 9.87. The minimum Gasteiger partial charge on any atom is -0.357 e. The molecule has 0 fully saturated rings. The maximum absolute atomic E-state index is 6.34. The average Bonchev–Trinajstić information content (AvgIpc) is 2.93. The third kappa shape index (κ3) is 2.98. The number of hydrogen-bond acceptors (Lipinski definition) is 4. The normalized spacial score (nSPS) is 16.4. The van der Waals surface area contributed by atoms with Gasteiger partial charge in [0.15, 0.2) is 0 Å². The summed E-state index contributed by atoms with van der Waals surface area (Å²) in [6.07, 6.45) is 0.681. The minimum atomic E-state index is -0.528. The van der Waals surface area contributed by atoms with Crippen LogP contribution in [0.25, 0.3) is 22.5 Å². The van der Waals surface area contributed by atoms with Crippen molar-refractivity contribution in [3.63, 3.8) is 0 Å². The molecule has 1 unspecified atom stereocenters. The minimum absolute atomic E-state index is 0.0899. The Morgan fingerprint density at radius 2 is 1.76 bits per heavy atom. The van der Waals surface area contributed by atoms with E-state index >= 15 is 0 Å². The van der Waals surface area contributed by atoms with E-state index in [4.69, 9.17) is 4.74 Å². The summed E-state index contributed by atoms with van der Waals surface area (Å²) >= 11 is 4.60. The number of benzene rings is 2. The Labute approximate surface area is 153 Å². The molecule has 4 nitrogen and oxygen atoms in total. The summed E-state index contributed by atoms with van der Waals surface area (Å²) in [5.41, 5.74) is 6.53. The molecule has 0 saturated heterocycles. The summed E-state index contributed by atoms with van der Waals surface area (Å²) < 4.78 is 8.19. The van der Waals surface area contributed by atoms with Crippen LogP contribution in [0.1, 0.15) is 31.1 Å². The van der Waals surface area contributed by atoms with Gasteiger partial charge in [0.2, 0.25) is 0 Å². The van der Waals surface area contributed by atoms with E-state index in [1.807, 2.05) is 37.7 Å². The Hall–Kier alpha value is -2.11. The molecule has 0 N–H and O–H groups in total. The molecule has 0 spiro atoms. The zero-order valence-electron chi connectivity index (χ0n) is 14.6. The lowest BCUT2D eigenvalue weighted by Gasteiger charge is -2.30. The Bertz CT molecular complexity index is 927. The molecule has 0 amide bonds. The van der Waals surface area contributed by atoms with Crippen molar-refractivity contribution < 1.29 is 4.74 Å². The fraction of sp³-hybridized carbons (Fsp3) is 0.300. The predicted molar refractivity (Wildman–Crippen MR) is 102 cm³/mol. The van der Waals surface area contributed by atoms with Crippen molar-refractivity contribution >= 4 is 12.6 Å². The van der Waals surface area contributed by atoms with Crippen molar-refractivity contribution in [1.82, 2.24) is 15.0 Å². The Kier molecular flexibility index (Phi) is 3.93. The van der Waals surface area contributed by atoms with Crippen molar-refractivity contribution in [3.8, 4) is 22.5 Å².